The van der Waals surface area contributed by atoms with Gasteiger partial charge < -0.3 is 15.6 Å². The first kappa shape index (κ1) is 19.8. The molecule has 0 radical (unpaired) electrons. The molecule has 1 atom stereocenters. The van der Waals surface area contributed by atoms with Gasteiger partial charge in [-0.15, -0.1) is 0 Å². The van der Waals surface area contributed by atoms with E-state index in [0.717, 1.165) is 0 Å². The number of hydrogen-bond acceptors (Lipinski definition) is 5. The molecule has 27 heavy (non-hydrogen) atoms. The summed E-state index contributed by atoms with van der Waals surface area (Å²) >= 11 is 0. The number of nitrogen functional groups attached to an aromatic ring is 1. The summed E-state index contributed by atoms with van der Waals surface area (Å²) in [4.78, 5) is 35.3. The van der Waals surface area contributed by atoms with Crippen molar-refractivity contribution in [3.05, 3.63) is 65.2 Å². The van der Waals surface area contributed by atoms with Gasteiger partial charge in [0.2, 0.25) is 0 Å². The molecule has 2 rings (SSSR count). The Balaban J connectivity index is 1.98. The van der Waals surface area contributed by atoms with Crippen LogP contribution in [0.15, 0.2) is 48.5 Å². The van der Waals surface area contributed by atoms with E-state index in [9.17, 15) is 14.4 Å². The molecular formula is C20H20N2O5. The van der Waals surface area contributed by atoms with Gasteiger partial charge in [0.15, 0.2) is 18.2 Å². The molecule has 7 heteroatoms. The number of ketones is 2. The van der Waals surface area contributed by atoms with Crippen molar-refractivity contribution >= 4 is 23.4 Å². The van der Waals surface area contributed by atoms with Crippen LogP contribution < -0.4 is 10.5 Å². The normalized spacial score (nSPS) is 11.4. The fourth-order valence-corrected chi connectivity index (χ4v) is 2.47. The average molecular weight is 368 g/mol. The van der Waals surface area contributed by atoms with E-state index in [-0.39, 0.29) is 23.8 Å². The topological polar surface area (TPSA) is 131 Å². The highest BCUT2D eigenvalue weighted by atomic mass is 16.5. The van der Waals surface area contributed by atoms with Gasteiger partial charge in [-0.3, -0.25) is 15.0 Å². The van der Waals surface area contributed by atoms with Crippen LogP contribution in [0.25, 0.3) is 0 Å². The molecule has 0 aliphatic carbocycles. The molecule has 0 heterocycles. The zero-order chi connectivity index (χ0) is 20.0. The van der Waals surface area contributed by atoms with Gasteiger partial charge in [0.05, 0.1) is 0 Å². The standard InChI is InChI=1S/C20H20N2O5/c1-12(10-17(23)13-2-4-15(5-3-13)20(21)22)19(26)14-6-8-16(9-7-14)27-11-18(24)25/h2-9,12H,10-11H2,1H3,(H3,21,22)(H,24,25). The maximum absolute atomic E-state index is 12.5. The molecule has 2 aromatic carbocycles. The first-order valence-electron chi connectivity index (χ1n) is 8.24. The van der Waals surface area contributed by atoms with Crippen LogP contribution in [0.1, 0.15) is 39.6 Å². The van der Waals surface area contributed by atoms with Crippen LogP contribution in [0, 0.1) is 11.3 Å². The third-order valence-corrected chi connectivity index (χ3v) is 3.96. The van der Waals surface area contributed by atoms with Crippen LogP contribution in [0.3, 0.4) is 0 Å². The maximum atomic E-state index is 12.5. The summed E-state index contributed by atoms with van der Waals surface area (Å²) in [6.07, 6.45) is 0.0511. The van der Waals surface area contributed by atoms with Gasteiger partial charge in [-0.1, -0.05) is 31.2 Å². The summed E-state index contributed by atoms with van der Waals surface area (Å²) in [5, 5.41) is 15.9. The number of aliphatic carboxylic acids is 1. The predicted molar refractivity (Wildman–Crippen MR) is 99.5 cm³/mol. The van der Waals surface area contributed by atoms with Crippen molar-refractivity contribution in [1.29, 1.82) is 5.41 Å². The minimum absolute atomic E-state index is 0.0511. The first-order valence-corrected chi connectivity index (χ1v) is 8.24. The van der Waals surface area contributed by atoms with Crippen LogP contribution in [0.4, 0.5) is 0 Å². The van der Waals surface area contributed by atoms with Crippen LogP contribution in [0.2, 0.25) is 0 Å². The number of benzene rings is 2. The number of rotatable bonds is 9. The average Bonchev–Trinajstić information content (AvgIpc) is 2.66. The second-order valence-electron chi connectivity index (χ2n) is 6.09. The van der Waals surface area contributed by atoms with Crippen LogP contribution in [-0.2, 0) is 4.79 Å². The van der Waals surface area contributed by atoms with E-state index in [1.165, 1.54) is 12.1 Å². The molecule has 4 N–H and O–H groups in total. The van der Waals surface area contributed by atoms with Crippen molar-refractivity contribution in [2.45, 2.75) is 13.3 Å². The van der Waals surface area contributed by atoms with E-state index in [4.69, 9.17) is 21.0 Å². The number of nitrogens with one attached hydrogen (secondary N) is 1. The zero-order valence-electron chi connectivity index (χ0n) is 14.8. The number of Topliss-reactive ketones (excluding diaryl/α,β-unsaturated/α-hetero) is 2. The summed E-state index contributed by atoms with van der Waals surface area (Å²) in [7, 11) is 0. The second-order valence-corrected chi connectivity index (χ2v) is 6.09. The number of hydrogen-bond donors (Lipinski definition) is 3. The highest BCUT2D eigenvalue weighted by Crippen LogP contribution is 2.19. The van der Waals surface area contributed by atoms with E-state index < -0.39 is 18.5 Å². The third kappa shape index (κ3) is 5.50. The number of carboxylic acids is 1. The van der Waals surface area contributed by atoms with Crippen molar-refractivity contribution in [2.75, 3.05) is 6.61 Å². The molecule has 0 saturated carbocycles. The Morgan fingerprint density at radius 3 is 2.04 bits per heavy atom. The van der Waals surface area contributed by atoms with Gasteiger partial charge in [-0.2, -0.15) is 0 Å². The minimum Gasteiger partial charge on any atom is -0.482 e. The number of carbonyl (C=O) groups excluding carboxylic acids is 2. The lowest BCUT2D eigenvalue weighted by molar-refractivity contribution is -0.139. The lowest BCUT2D eigenvalue weighted by atomic mass is 9.92. The second kappa shape index (κ2) is 8.75. The first-order chi connectivity index (χ1) is 12.8. The maximum Gasteiger partial charge on any atom is 0.341 e. The SMILES string of the molecule is CC(CC(=O)c1ccc(C(=N)N)cc1)C(=O)c1ccc(OCC(=O)O)cc1. The largest absolute Gasteiger partial charge is 0.482 e. The molecule has 0 fully saturated rings. The smallest absolute Gasteiger partial charge is 0.341 e. The summed E-state index contributed by atoms with van der Waals surface area (Å²) < 4.78 is 5.02. The van der Waals surface area contributed by atoms with E-state index >= 15 is 0 Å². The van der Waals surface area contributed by atoms with E-state index in [1.807, 2.05) is 0 Å². The fraction of sp³-hybridized carbons (Fsp3) is 0.200. The molecule has 7 nitrogen and oxygen atoms in total. The van der Waals surface area contributed by atoms with Crippen LogP contribution in [0.5, 0.6) is 5.75 Å². The summed E-state index contributed by atoms with van der Waals surface area (Å²) in [5.41, 5.74) is 6.79. The van der Waals surface area contributed by atoms with Crippen molar-refractivity contribution in [1.82, 2.24) is 0 Å². The Labute approximate surface area is 156 Å². The molecule has 0 saturated heterocycles. The Morgan fingerprint density at radius 2 is 1.52 bits per heavy atom. The molecular weight excluding hydrogens is 348 g/mol. The fourth-order valence-electron chi connectivity index (χ4n) is 2.47. The minimum atomic E-state index is -1.08. The highest BCUT2D eigenvalue weighted by molar-refractivity contribution is 6.04. The zero-order valence-corrected chi connectivity index (χ0v) is 14.8. The summed E-state index contributed by atoms with van der Waals surface area (Å²) in [6, 6.07) is 12.5. The van der Waals surface area contributed by atoms with Crippen LogP contribution >= 0.6 is 0 Å². The Bertz CT molecular complexity index is 857. The van der Waals surface area contributed by atoms with Crippen LogP contribution in [-0.4, -0.2) is 35.1 Å². The number of carbonyl (C=O) groups is 3. The molecule has 0 aliphatic heterocycles. The Hall–Kier alpha value is -3.48. The monoisotopic (exact) mass is 368 g/mol. The van der Waals surface area contributed by atoms with Gasteiger partial charge in [-0.25, -0.2) is 4.79 Å². The lowest BCUT2D eigenvalue weighted by Crippen LogP contribution is -2.16. The molecule has 0 aliphatic rings. The lowest BCUT2D eigenvalue weighted by Gasteiger charge is -2.11. The quantitative estimate of drug-likeness (QED) is 0.354. The third-order valence-electron chi connectivity index (χ3n) is 3.96. The molecule has 2 aromatic rings. The summed E-state index contributed by atoms with van der Waals surface area (Å²) in [5.74, 6) is -1.69. The van der Waals surface area contributed by atoms with E-state index in [0.29, 0.717) is 22.4 Å². The van der Waals surface area contributed by atoms with Gasteiger partial charge >= 0.3 is 5.97 Å². The summed E-state index contributed by atoms with van der Waals surface area (Å²) in [6.45, 7) is 1.22. The van der Waals surface area contributed by atoms with Crippen molar-refractivity contribution in [3.63, 3.8) is 0 Å². The number of amidine groups is 1. The molecule has 0 bridgehead atoms. The molecule has 140 valence electrons. The number of carboxylic acid groups (broad SMARTS) is 1. The number of ether oxygens (including phenoxy) is 1. The van der Waals surface area contributed by atoms with Crippen molar-refractivity contribution in [2.24, 2.45) is 11.7 Å². The molecule has 0 spiro atoms. The van der Waals surface area contributed by atoms with Gasteiger partial charge in [0, 0.05) is 29.0 Å². The molecule has 0 aromatic heterocycles. The van der Waals surface area contributed by atoms with Gasteiger partial charge in [-0.05, 0) is 24.3 Å². The van der Waals surface area contributed by atoms with Crippen molar-refractivity contribution in [3.8, 4) is 5.75 Å². The van der Waals surface area contributed by atoms with Gasteiger partial charge in [0.1, 0.15) is 11.6 Å². The predicted octanol–water partition coefficient (Wildman–Crippen LogP) is 2.53. The molecule has 0 amide bonds. The van der Waals surface area contributed by atoms with E-state index in [2.05, 4.69) is 0 Å². The number of nitrogens with two attached hydrogens (primary N) is 1. The van der Waals surface area contributed by atoms with Crippen molar-refractivity contribution < 1.29 is 24.2 Å². The molecule has 1 unspecified atom stereocenters. The highest BCUT2D eigenvalue weighted by Gasteiger charge is 2.19. The van der Waals surface area contributed by atoms with Gasteiger partial charge in [0.25, 0.3) is 0 Å². The Kier molecular flexibility index (Phi) is 6.43. The van der Waals surface area contributed by atoms with E-state index in [1.54, 1.807) is 43.3 Å². The Morgan fingerprint density at radius 1 is 1.00 bits per heavy atom.